The Hall–Kier alpha value is -1.26. The highest BCUT2D eigenvalue weighted by atomic mass is 35.5. The lowest BCUT2D eigenvalue weighted by Gasteiger charge is -2.29. The molecule has 1 aromatic carbocycles. The maximum Gasteiger partial charge on any atom is 0.248 e. The Labute approximate surface area is 130 Å². The number of carbonyl (C=O) groups is 1. The molecule has 1 aromatic rings. The van der Waals surface area contributed by atoms with E-state index in [0.717, 1.165) is 31.2 Å². The average Bonchev–Trinajstić information content (AvgIpc) is 3.11. The molecule has 1 atom stereocenters. The zero-order valence-electron chi connectivity index (χ0n) is 12.1. The minimum absolute atomic E-state index is 0.436. The largest absolute Gasteiger partial charge is 0.368 e. The summed E-state index contributed by atoms with van der Waals surface area (Å²) in [6.45, 7) is 3.14. The van der Waals surface area contributed by atoms with Crippen LogP contribution >= 0.6 is 11.6 Å². The summed E-state index contributed by atoms with van der Waals surface area (Å²) in [5.41, 5.74) is 6.79. The summed E-state index contributed by atoms with van der Waals surface area (Å²) in [6, 6.07) is 5.92. The number of nitrogens with one attached hydrogen (secondary N) is 1. The molecule has 1 saturated heterocycles. The van der Waals surface area contributed by atoms with E-state index in [0.29, 0.717) is 16.6 Å². The Balaban J connectivity index is 1.78. The van der Waals surface area contributed by atoms with Gasteiger partial charge in [0, 0.05) is 24.7 Å². The predicted octanol–water partition coefficient (Wildman–Crippen LogP) is 2.41. The van der Waals surface area contributed by atoms with Gasteiger partial charge in [0.15, 0.2) is 0 Å². The molecule has 1 heterocycles. The molecule has 0 radical (unpaired) electrons. The molecule has 1 aliphatic carbocycles. The molecule has 1 saturated carbocycles. The molecule has 3 rings (SSSR count). The number of anilines is 1. The molecule has 2 aliphatic rings. The third-order valence-electron chi connectivity index (χ3n) is 4.35. The van der Waals surface area contributed by atoms with Crippen molar-refractivity contribution >= 4 is 23.2 Å². The van der Waals surface area contributed by atoms with Gasteiger partial charge < -0.3 is 16.0 Å². The van der Waals surface area contributed by atoms with Crippen molar-refractivity contribution in [2.75, 3.05) is 24.5 Å². The van der Waals surface area contributed by atoms with E-state index >= 15 is 0 Å². The second-order valence-electron chi connectivity index (χ2n) is 6.17. The topological polar surface area (TPSA) is 58.4 Å². The van der Waals surface area contributed by atoms with Gasteiger partial charge >= 0.3 is 0 Å². The molecule has 21 heavy (non-hydrogen) atoms. The average molecular weight is 308 g/mol. The van der Waals surface area contributed by atoms with Crippen molar-refractivity contribution < 1.29 is 4.79 Å². The Bertz CT molecular complexity index is 524. The fraction of sp³-hybridized carbons (Fsp3) is 0.562. The van der Waals surface area contributed by atoms with E-state index in [1.807, 2.05) is 6.07 Å². The van der Waals surface area contributed by atoms with Crippen molar-refractivity contribution in [1.82, 2.24) is 5.32 Å². The number of hydrogen-bond donors (Lipinski definition) is 2. The second kappa shape index (κ2) is 6.24. The van der Waals surface area contributed by atoms with Crippen LogP contribution in [0.15, 0.2) is 18.2 Å². The van der Waals surface area contributed by atoms with Crippen LogP contribution in [0.2, 0.25) is 5.02 Å². The smallest absolute Gasteiger partial charge is 0.248 e. The highest BCUT2D eigenvalue weighted by Crippen LogP contribution is 2.34. The first-order chi connectivity index (χ1) is 10.1. The molecule has 0 spiro atoms. The number of rotatable bonds is 6. The summed E-state index contributed by atoms with van der Waals surface area (Å²) in [5, 5.41) is 4.16. The molecule has 0 aromatic heterocycles. The summed E-state index contributed by atoms with van der Waals surface area (Å²) in [7, 11) is 0. The van der Waals surface area contributed by atoms with Crippen LogP contribution in [-0.2, 0) is 0 Å². The Morgan fingerprint density at radius 3 is 2.71 bits per heavy atom. The van der Waals surface area contributed by atoms with Crippen molar-refractivity contribution in [3.63, 3.8) is 0 Å². The van der Waals surface area contributed by atoms with E-state index in [2.05, 4.69) is 10.2 Å². The molecule has 1 amide bonds. The monoisotopic (exact) mass is 307 g/mol. The molecule has 5 heteroatoms. The van der Waals surface area contributed by atoms with Crippen molar-refractivity contribution in [1.29, 1.82) is 0 Å². The van der Waals surface area contributed by atoms with E-state index in [9.17, 15) is 4.79 Å². The van der Waals surface area contributed by atoms with Crippen LogP contribution in [0.25, 0.3) is 0 Å². The molecular formula is C16H22ClN3O. The number of benzene rings is 1. The maximum atomic E-state index is 11.2. The summed E-state index contributed by atoms with van der Waals surface area (Å²) < 4.78 is 0. The van der Waals surface area contributed by atoms with Crippen LogP contribution in [0, 0.1) is 5.92 Å². The minimum atomic E-state index is -0.436. The van der Waals surface area contributed by atoms with E-state index < -0.39 is 5.91 Å². The molecule has 0 bridgehead atoms. The maximum absolute atomic E-state index is 11.2. The predicted molar refractivity (Wildman–Crippen MR) is 85.9 cm³/mol. The van der Waals surface area contributed by atoms with Gasteiger partial charge in [-0.2, -0.15) is 0 Å². The minimum Gasteiger partial charge on any atom is -0.368 e. The Morgan fingerprint density at radius 1 is 1.33 bits per heavy atom. The van der Waals surface area contributed by atoms with Gasteiger partial charge in [-0.3, -0.25) is 4.79 Å². The number of halogens is 1. The van der Waals surface area contributed by atoms with E-state index in [1.54, 1.807) is 12.1 Å². The van der Waals surface area contributed by atoms with Gasteiger partial charge in [-0.15, -0.1) is 0 Å². The van der Waals surface area contributed by atoms with Crippen molar-refractivity contribution in [3.8, 4) is 0 Å². The van der Waals surface area contributed by atoms with Gasteiger partial charge in [-0.25, -0.2) is 0 Å². The number of primary amides is 1. The molecule has 1 unspecified atom stereocenters. The number of hydrogen-bond acceptors (Lipinski definition) is 3. The van der Waals surface area contributed by atoms with E-state index in [4.69, 9.17) is 17.3 Å². The lowest BCUT2D eigenvalue weighted by Crippen LogP contribution is -2.39. The highest BCUT2D eigenvalue weighted by Gasteiger charge is 2.27. The third-order valence-corrected chi connectivity index (χ3v) is 4.65. The van der Waals surface area contributed by atoms with Crippen LogP contribution in [0.1, 0.15) is 36.0 Å². The molecule has 114 valence electrons. The van der Waals surface area contributed by atoms with Gasteiger partial charge in [0.25, 0.3) is 0 Å². The van der Waals surface area contributed by atoms with Crippen LogP contribution in [0.3, 0.4) is 0 Å². The van der Waals surface area contributed by atoms with Crippen LogP contribution in [0.4, 0.5) is 5.69 Å². The normalized spacial score (nSPS) is 21.5. The Morgan fingerprint density at radius 2 is 2.14 bits per heavy atom. The van der Waals surface area contributed by atoms with Crippen molar-refractivity contribution in [3.05, 3.63) is 28.8 Å². The molecule has 4 nitrogen and oxygen atoms in total. The van der Waals surface area contributed by atoms with Crippen molar-refractivity contribution in [2.45, 2.75) is 31.7 Å². The highest BCUT2D eigenvalue weighted by molar-refractivity contribution is 6.33. The fourth-order valence-electron chi connectivity index (χ4n) is 2.98. The zero-order valence-corrected chi connectivity index (χ0v) is 12.9. The first kappa shape index (κ1) is 14.7. The SMILES string of the molecule is NC(=O)c1ccc(N(CC2CC2)CC2CCCN2)c(Cl)c1. The van der Waals surface area contributed by atoms with Gasteiger partial charge in [-0.05, 0) is 56.3 Å². The Kier molecular flexibility index (Phi) is 4.36. The first-order valence-corrected chi connectivity index (χ1v) is 8.09. The van der Waals surface area contributed by atoms with Crippen LogP contribution in [0.5, 0.6) is 0 Å². The third kappa shape index (κ3) is 3.69. The van der Waals surface area contributed by atoms with Gasteiger partial charge in [0.2, 0.25) is 5.91 Å². The second-order valence-corrected chi connectivity index (χ2v) is 6.58. The summed E-state index contributed by atoms with van der Waals surface area (Å²) in [5.74, 6) is 0.355. The lowest BCUT2D eigenvalue weighted by atomic mass is 10.1. The lowest BCUT2D eigenvalue weighted by molar-refractivity contribution is 0.100. The molecule has 3 N–H and O–H groups in total. The molecule has 1 aliphatic heterocycles. The zero-order chi connectivity index (χ0) is 14.8. The van der Waals surface area contributed by atoms with Gasteiger partial charge in [0.1, 0.15) is 0 Å². The van der Waals surface area contributed by atoms with Crippen LogP contribution < -0.4 is 16.0 Å². The number of nitrogens with zero attached hydrogens (tertiary/aromatic N) is 1. The summed E-state index contributed by atoms with van der Waals surface area (Å²) in [6.07, 6.45) is 5.09. The molecule has 2 fully saturated rings. The molecular weight excluding hydrogens is 286 g/mol. The van der Waals surface area contributed by atoms with Crippen LogP contribution in [-0.4, -0.2) is 31.6 Å². The van der Waals surface area contributed by atoms with Crippen molar-refractivity contribution in [2.24, 2.45) is 11.7 Å². The first-order valence-electron chi connectivity index (χ1n) is 7.71. The van der Waals surface area contributed by atoms with E-state index in [1.165, 1.54) is 25.7 Å². The number of nitrogens with two attached hydrogens (primary N) is 1. The van der Waals surface area contributed by atoms with Gasteiger partial charge in [0.05, 0.1) is 10.7 Å². The summed E-state index contributed by atoms with van der Waals surface area (Å²) >= 11 is 6.39. The van der Waals surface area contributed by atoms with E-state index in [-0.39, 0.29) is 0 Å². The number of amides is 1. The summed E-state index contributed by atoms with van der Waals surface area (Å²) in [4.78, 5) is 13.6. The standard InChI is InChI=1S/C16H22ClN3O/c17-14-8-12(16(18)21)5-6-15(14)20(9-11-3-4-11)10-13-2-1-7-19-13/h5-6,8,11,13,19H,1-4,7,9-10H2,(H2,18,21). The fourth-order valence-corrected chi connectivity index (χ4v) is 3.28. The van der Waals surface area contributed by atoms with Gasteiger partial charge in [-0.1, -0.05) is 11.6 Å². The quantitative estimate of drug-likeness (QED) is 0.848. The number of carbonyl (C=O) groups excluding carboxylic acids is 1.